The Morgan fingerprint density at radius 1 is 1.39 bits per heavy atom. The molecule has 2 aliphatic rings. The van der Waals surface area contributed by atoms with Crippen LogP contribution in [0.3, 0.4) is 0 Å². The lowest BCUT2D eigenvalue weighted by atomic mass is 9.95. The third kappa shape index (κ3) is 3.93. The van der Waals surface area contributed by atoms with Crippen molar-refractivity contribution in [3.63, 3.8) is 0 Å². The topological polar surface area (TPSA) is 55.8 Å². The maximum Gasteiger partial charge on any atom is 0.326 e. The van der Waals surface area contributed by atoms with Gasteiger partial charge in [0.05, 0.1) is 12.3 Å². The van der Waals surface area contributed by atoms with Gasteiger partial charge < -0.3 is 9.47 Å². The Kier molecular flexibility index (Phi) is 5.00. The van der Waals surface area contributed by atoms with Crippen molar-refractivity contribution in [1.29, 1.82) is 0 Å². The highest BCUT2D eigenvalue weighted by molar-refractivity contribution is 9.10. The van der Waals surface area contributed by atoms with E-state index in [1.807, 2.05) is 6.07 Å². The number of ether oxygens (including phenoxy) is 2. The number of carbonyl (C=O) groups is 2. The van der Waals surface area contributed by atoms with Crippen LogP contribution < -0.4 is 9.64 Å². The van der Waals surface area contributed by atoms with Crippen LogP contribution in [0.1, 0.15) is 19.3 Å². The molecule has 1 aromatic rings. The maximum atomic E-state index is 12.1. The first-order chi connectivity index (χ1) is 11.1. The molecule has 122 valence electrons. The van der Waals surface area contributed by atoms with E-state index in [2.05, 4.69) is 28.1 Å². The fourth-order valence-corrected chi connectivity index (χ4v) is 3.08. The van der Waals surface area contributed by atoms with Gasteiger partial charge in [0.2, 0.25) is 0 Å². The average molecular weight is 380 g/mol. The van der Waals surface area contributed by atoms with E-state index in [-0.39, 0.29) is 25.0 Å². The van der Waals surface area contributed by atoms with Crippen molar-refractivity contribution in [2.75, 3.05) is 24.7 Å². The van der Waals surface area contributed by atoms with Crippen molar-refractivity contribution in [2.24, 2.45) is 5.92 Å². The monoisotopic (exact) mass is 379 g/mol. The quantitative estimate of drug-likeness (QED) is 0.595. The third-order valence-corrected chi connectivity index (χ3v) is 4.50. The van der Waals surface area contributed by atoms with Gasteiger partial charge in [-0.3, -0.25) is 14.5 Å². The van der Waals surface area contributed by atoms with Crippen molar-refractivity contribution in [2.45, 2.75) is 19.3 Å². The summed E-state index contributed by atoms with van der Waals surface area (Å²) in [4.78, 5) is 25.6. The lowest BCUT2D eigenvalue weighted by Gasteiger charge is -2.29. The molecule has 1 atom stereocenters. The van der Waals surface area contributed by atoms with E-state index in [4.69, 9.17) is 9.47 Å². The van der Waals surface area contributed by atoms with Crippen molar-refractivity contribution < 1.29 is 19.1 Å². The van der Waals surface area contributed by atoms with E-state index in [0.29, 0.717) is 24.0 Å². The summed E-state index contributed by atoms with van der Waals surface area (Å²) < 4.78 is 11.6. The van der Waals surface area contributed by atoms with Gasteiger partial charge in [-0.05, 0) is 43.4 Å². The summed E-state index contributed by atoms with van der Waals surface area (Å²) in [5.74, 6) is 0.345. The molecule has 0 fully saturated rings. The molecule has 1 heterocycles. The van der Waals surface area contributed by atoms with Crippen LogP contribution in [0, 0.1) is 5.92 Å². The Bertz CT molecular complexity index is 643. The molecule has 1 aliphatic carbocycles. The lowest BCUT2D eigenvalue weighted by molar-refractivity contribution is -0.144. The van der Waals surface area contributed by atoms with Crippen LogP contribution in [0.4, 0.5) is 5.69 Å². The van der Waals surface area contributed by atoms with Crippen LogP contribution in [0.15, 0.2) is 34.8 Å². The minimum Gasteiger partial charge on any atom is -0.482 e. The first-order valence-electron chi connectivity index (χ1n) is 7.67. The number of anilines is 1. The van der Waals surface area contributed by atoms with Crippen molar-refractivity contribution in [1.82, 2.24) is 0 Å². The zero-order valence-corrected chi connectivity index (χ0v) is 14.3. The Morgan fingerprint density at radius 3 is 3.04 bits per heavy atom. The Labute approximate surface area is 143 Å². The highest BCUT2D eigenvalue weighted by atomic mass is 79.9. The van der Waals surface area contributed by atoms with Crippen LogP contribution in [0.25, 0.3) is 0 Å². The molecule has 6 heteroatoms. The maximum absolute atomic E-state index is 12.1. The molecule has 0 saturated carbocycles. The Balaban J connectivity index is 1.61. The number of carbonyl (C=O) groups excluding carboxylic acids is 2. The zero-order valence-electron chi connectivity index (χ0n) is 12.7. The summed E-state index contributed by atoms with van der Waals surface area (Å²) in [5.41, 5.74) is 0.599. The molecular formula is C17H18BrNO4. The summed E-state index contributed by atoms with van der Waals surface area (Å²) in [7, 11) is 0. The predicted molar refractivity (Wildman–Crippen MR) is 89.4 cm³/mol. The number of halogens is 1. The fraction of sp³-hybridized carbons (Fsp3) is 0.412. The molecule has 0 radical (unpaired) electrons. The third-order valence-electron chi connectivity index (χ3n) is 4.01. The second kappa shape index (κ2) is 7.17. The Hall–Kier alpha value is -1.82. The number of nitrogens with zero attached hydrogens (tertiary/aromatic N) is 1. The molecule has 0 aromatic heterocycles. The molecule has 1 amide bonds. The molecule has 23 heavy (non-hydrogen) atoms. The molecule has 0 saturated heterocycles. The first kappa shape index (κ1) is 16.1. The molecular weight excluding hydrogens is 362 g/mol. The van der Waals surface area contributed by atoms with Gasteiger partial charge in [0.1, 0.15) is 12.3 Å². The average Bonchev–Trinajstić information content (AvgIpc) is 2.56. The van der Waals surface area contributed by atoms with E-state index < -0.39 is 0 Å². The second-order valence-electron chi connectivity index (χ2n) is 5.71. The number of rotatable bonds is 4. The minimum absolute atomic E-state index is 0.0653. The fourth-order valence-electron chi connectivity index (χ4n) is 2.74. The number of hydrogen-bond donors (Lipinski definition) is 0. The molecule has 5 nitrogen and oxygen atoms in total. The molecule has 0 spiro atoms. The van der Waals surface area contributed by atoms with Crippen molar-refractivity contribution in [3.8, 4) is 5.75 Å². The van der Waals surface area contributed by atoms with Gasteiger partial charge in [-0.15, -0.1) is 0 Å². The van der Waals surface area contributed by atoms with E-state index in [1.165, 1.54) is 4.90 Å². The van der Waals surface area contributed by atoms with Crippen LogP contribution >= 0.6 is 15.9 Å². The lowest BCUT2D eigenvalue weighted by Crippen LogP contribution is -2.42. The van der Waals surface area contributed by atoms with E-state index >= 15 is 0 Å². The molecule has 0 N–H and O–H groups in total. The number of hydrogen-bond acceptors (Lipinski definition) is 4. The van der Waals surface area contributed by atoms with Gasteiger partial charge in [0, 0.05) is 4.47 Å². The number of esters is 1. The smallest absolute Gasteiger partial charge is 0.326 e. The molecule has 1 unspecified atom stereocenters. The SMILES string of the molecule is O=C(CN1C(=O)COc2cc(Br)ccc21)OCC1CC=CCC1. The second-order valence-corrected chi connectivity index (χ2v) is 6.63. The molecule has 0 bridgehead atoms. The summed E-state index contributed by atoms with van der Waals surface area (Å²) in [6.07, 6.45) is 7.30. The summed E-state index contributed by atoms with van der Waals surface area (Å²) in [6, 6.07) is 5.36. The highest BCUT2D eigenvalue weighted by Crippen LogP contribution is 2.34. The van der Waals surface area contributed by atoms with Crippen LogP contribution in [-0.2, 0) is 14.3 Å². The molecule has 1 aromatic carbocycles. The zero-order chi connectivity index (χ0) is 16.2. The standard InChI is InChI=1S/C17H18BrNO4/c18-13-6-7-14-15(8-13)22-11-16(20)19(14)9-17(21)23-10-12-4-2-1-3-5-12/h1-2,6-8,12H,3-5,9-11H2. The van der Waals surface area contributed by atoms with E-state index in [0.717, 1.165) is 23.7 Å². The minimum atomic E-state index is -0.385. The van der Waals surface area contributed by atoms with Gasteiger partial charge in [-0.1, -0.05) is 28.1 Å². The first-order valence-corrected chi connectivity index (χ1v) is 8.46. The molecule has 3 rings (SSSR count). The van der Waals surface area contributed by atoms with E-state index in [1.54, 1.807) is 12.1 Å². The van der Waals surface area contributed by atoms with Crippen LogP contribution in [-0.4, -0.2) is 31.6 Å². The van der Waals surface area contributed by atoms with Crippen molar-refractivity contribution >= 4 is 33.5 Å². The normalized spacial score (nSPS) is 20.0. The highest BCUT2D eigenvalue weighted by Gasteiger charge is 2.28. The van der Waals surface area contributed by atoms with Crippen molar-refractivity contribution in [3.05, 3.63) is 34.8 Å². The van der Waals surface area contributed by atoms with Crippen LogP contribution in [0.2, 0.25) is 0 Å². The Morgan fingerprint density at radius 2 is 2.26 bits per heavy atom. The number of allylic oxidation sites excluding steroid dienone is 2. The summed E-state index contributed by atoms with van der Waals surface area (Å²) in [6.45, 7) is 0.262. The van der Waals surface area contributed by atoms with Gasteiger partial charge >= 0.3 is 5.97 Å². The molecule has 1 aliphatic heterocycles. The summed E-state index contributed by atoms with van der Waals surface area (Å²) in [5, 5.41) is 0. The number of benzene rings is 1. The number of amides is 1. The van der Waals surface area contributed by atoms with Crippen LogP contribution in [0.5, 0.6) is 5.75 Å². The van der Waals surface area contributed by atoms with Gasteiger partial charge in [0.15, 0.2) is 6.61 Å². The van der Waals surface area contributed by atoms with Gasteiger partial charge in [-0.2, -0.15) is 0 Å². The van der Waals surface area contributed by atoms with Gasteiger partial charge in [-0.25, -0.2) is 0 Å². The van der Waals surface area contributed by atoms with E-state index in [9.17, 15) is 9.59 Å². The largest absolute Gasteiger partial charge is 0.482 e. The van der Waals surface area contributed by atoms with Gasteiger partial charge in [0.25, 0.3) is 5.91 Å². The predicted octanol–water partition coefficient (Wildman–Crippen LogP) is 3.07. The summed E-state index contributed by atoms with van der Waals surface area (Å²) >= 11 is 3.36. The number of fused-ring (bicyclic) bond motifs is 1.